The quantitative estimate of drug-likeness (QED) is 0.680. The number of piperidine rings is 1. The van der Waals surface area contributed by atoms with Gasteiger partial charge >= 0.3 is 0 Å². The maximum absolute atomic E-state index is 12.2. The molecule has 0 spiro atoms. The third-order valence-corrected chi connectivity index (χ3v) is 5.17. The molecule has 1 aliphatic heterocycles. The lowest BCUT2D eigenvalue weighted by Crippen LogP contribution is -2.38. The monoisotopic (exact) mass is 384 g/mol. The Hall–Kier alpha value is -2.78. The number of aliphatic hydroxyl groups is 1. The first-order valence-corrected chi connectivity index (χ1v) is 9.48. The van der Waals surface area contributed by atoms with Crippen molar-refractivity contribution in [1.29, 1.82) is 0 Å². The van der Waals surface area contributed by atoms with E-state index in [0.29, 0.717) is 30.6 Å². The van der Waals surface area contributed by atoms with Gasteiger partial charge < -0.3 is 14.4 Å². The van der Waals surface area contributed by atoms with Crippen LogP contribution in [-0.2, 0) is 6.54 Å². The maximum atomic E-state index is 12.2. The molecule has 1 atom stereocenters. The van der Waals surface area contributed by atoms with Gasteiger partial charge in [-0.2, -0.15) is 5.10 Å². The number of aromatic nitrogens is 5. The number of hydrogen-bond acceptors (Lipinski definition) is 7. The number of nitrogens with zero attached hydrogens (tertiary/aromatic N) is 6. The number of furan rings is 1. The molecule has 1 fully saturated rings. The predicted octanol–water partition coefficient (Wildman–Crippen LogP) is 1.17. The molecular weight excluding hydrogens is 360 g/mol. The summed E-state index contributed by atoms with van der Waals surface area (Å²) in [5, 5.41) is 18.8. The van der Waals surface area contributed by atoms with E-state index in [1.165, 1.54) is 21.8 Å². The molecule has 0 radical (unpaired) electrons. The number of rotatable bonds is 6. The fourth-order valence-corrected chi connectivity index (χ4v) is 3.58. The van der Waals surface area contributed by atoms with Crippen LogP contribution in [0.4, 0.5) is 0 Å². The summed E-state index contributed by atoms with van der Waals surface area (Å²) in [6, 6.07) is 6.85. The predicted molar refractivity (Wildman–Crippen MR) is 101 cm³/mol. The largest absolute Gasteiger partial charge is 0.464 e. The van der Waals surface area contributed by atoms with Crippen molar-refractivity contribution in [3.63, 3.8) is 0 Å². The van der Waals surface area contributed by atoms with Gasteiger partial charge in [-0.25, -0.2) is 14.3 Å². The van der Waals surface area contributed by atoms with Gasteiger partial charge in [0.25, 0.3) is 5.56 Å². The molecule has 1 saturated heterocycles. The molecule has 1 N–H and O–H groups in total. The van der Waals surface area contributed by atoms with Gasteiger partial charge in [0.15, 0.2) is 5.82 Å². The number of hydrogen-bond donors (Lipinski definition) is 1. The first-order valence-electron chi connectivity index (χ1n) is 9.48. The lowest BCUT2D eigenvalue weighted by atomic mass is 9.96. The van der Waals surface area contributed by atoms with Crippen LogP contribution in [0, 0.1) is 12.8 Å². The van der Waals surface area contributed by atoms with Crippen molar-refractivity contribution in [3.8, 4) is 5.82 Å². The number of β-amino-alcohol motifs (C(OH)–C–C–N with tert-alkyl or cyclic N) is 1. The van der Waals surface area contributed by atoms with Crippen LogP contribution in [0.5, 0.6) is 0 Å². The van der Waals surface area contributed by atoms with Gasteiger partial charge in [-0.05, 0) is 57.0 Å². The Balaban J connectivity index is 1.33. The maximum Gasteiger partial charge on any atom is 0.266 e. The Morgan fingerprint density at radius 1 is 1.25 bits per heavy atom. The summed E-state index contributed by atoms with van der Waals surface area (Å²) < 4.78 is 8.56. The zero-order valence-electron chi connectivity index (χ0n) is 15.8. The lowest BCUT2D eigenvalue weighted by Gasteiger charge is -2.32. The van der Waals surface area contributed by atoms with E-state index >= 15 is 0 Å². The van der Waals surface area contributed by atoms with Crippen molar-refractivity contribution in [2.75, 3.05) is 19.6 Å². The minimum absolute atomic E-state index is 0.116. The Labute approximate surface area is 162 Å². The molecular formula is C19H24N6O3. The zero-order chi connectivity index (χ0) is 19.5. The summed E-state index contributed by atoms with van der Waals surface area (Å²) in [7, 11) is 0. The van der Waals surface area contributed by atoms with Crippen LogP contribution in [0.3, 0.4) is 0 Å². The van der Waals surface area contributed by atoms with Crippen LogP contribution in [0.2, 0.25) is 0 Å². The van der Waals surface area contributed by atoms with Gasteiger partial charge in [-0.1, -0.05) is 0 Å². The fraction of sp³-hybridized carbons (Fsp3) is 0.474. The molecule has 0 bridgehead atoms. The highest BCUT2D eigenvalue weighted by Gasteiger charge is 2.23. The summed E-state index contributed by atoms with van der Waals surface area (Å²) in [6.45, 7) is 4.75. The van der Waals surface area contributed by atoms with Crippen molar-refractivity contribution in [2.45, 2.75) is 32.4 Å². The second kappa shape index (κ2) is 8.07. The third kappa shape index (κ3) is 4.20. The first-order chi connectivity index (χ1) is 13.6. The lowest BCUT2D eigenvalue weighted by molar-refractivity contribution is 0.0719. The highest BCUT2D eigenvalue weighted by atomic mass is 16.4. The van der Waals surface area contributed by atoms with E-state index in [1.807, 2.05) is 19.1 Å². The van der Waals surface area contributed by atoms with Crippen molar-refractivity contribution >= 4 is 0 Å². The summed E-state index contributed by atoms with van der Waals surface area (Å²) in [6.07, 6.45) is 4.28. The molecule has 0 aromatic carbocycles. The highest BCUT2D eigenvalue weighted by molar-refractivity contribution is 5.16. The fourth-order valence-electron chi connectivity index (χ4n) is 3.58. The van der Waals surface area contributed by atoms with E-state index in [-0.39, 0.29) is 5.56 Å². The Morgan fingerprint density at radius 2 is 2.07 bits per heavy atom. The highest BCUT2D eigenvalue weighted by Crippen LogP contribution is 2.22. The van der Waals surface area contributed by atoms with Crippen LogP contribution >= 0.6 is 0 Å². The summed E-state index contributed by atoms with van der Waals surface area (Å²) in [4.78, 5) is 18.3. The molecule has 1 aliphatic rings. The van der Waals surface area contributed by atoms with E-state index in [0.717, 1.165) is 31.7 Å². The van der Waals surface area contributed by atoms with Crippen LogP contribution in [0.15, 0.2) is 46.1 Å². The topological polar surface area (TPSA) is 102 Å². The Bertz CT molecular complexity index is 956. The summed E-state index contributed by atoms with van der Waals surface area (Å²) >= 11 is 0. The van der Waals surface area contributed by atoms with Gasteiger partial charge in [0, 0.05) is 19.2 Å². The summed E-state index contributed by atoms with van der Waals surface area (Å²) in [5.41, 5.74) is -0.116. The number of aryl methyl sites for hydroxylation is 1. The number of likely N-dealkylation sites (tertiary alicyclic amines) is 1. The van der Waals surface area contributed by atoms with Gasteiger partial charge in [-0.3, -0.25) is 4.79 Å². The zero-order valence-corrected chi connectivity index (χ0v) is 15.8. The molecule has 4 rings (SSSR count). The molecule has 0 aliphatic carbocycles. The average Bonchev–Trinajstić information content (AvgIpc) is 3.37. The molecule has 3 aromatic rings. The standard InChI is InChI=1S/C19H24N6O3/c1-14-2-3-17(28-14)16(26)11-23-8-6-15(7-9-23)10-24-19(27)5-4-18(22-24)25-13-20-12-21-25/h2-5,12-13,15-16,26H,6-11H2,1H3. The minimum atomic E-state index is -0.617. The van der Waals surface area contributed by atoms with Gasteiger partial charge in [0.2, 0.25) is 0 Å². The van der Waals surface area contributed by atoms with E-state index in [1.54, 1.807) is 12.4 Å². The van der Waals surface area contributed by atoms with Crippen LogP contribution < -0.4 is 5.56 Å². The minimum Gasteiger partial charge on any atom is -0.464 e. The molecule has 0 saturated carbocycles. The van der Waals surface area contributed by atoms with E-state index in [4.69, 9.17) is 4.42 Å². The summed E-state index contributed by atoms with van der Waals surface area (Å²) in [5.74, 6) is 2.36. The first kappa shape index (κ1) is 18.6. The van der Waals surface area contributed by atoms with Crippen molar-refractivity contribution in [3.05, 3.63) is 58.8 Å². The van der Waals surface area contributed by atoms with Crippen LogP contribution in [0.1, 0.15) is 30.5 Å². The molecule has 4 heterocycles. The molecule has 28 heavy (non-hydrogen) atoms. The third-order valence-electron chi connectivity index (χ3n) is 5.17. The molecule has 0 amide bonds. The van der Waals surface area contributed by atoms with Crippen LogP contribution in [0.25, 0.3) is 5.82 Å². The van der Waals surface area contributed by atoms with Crippen molar-refractivity contribution in [1.82, 2.24) is 29.4 Å². The van der Waals surface area contributed by atoms with Crippen molar-refractivity contribution < 1.29 is 9.52 Å². The average molecular weight is 384 g/mol. The van der Waals surface area contributed by atoms with Crippen LogP contribution in [-0.4, -0.2) is 54.2 Å². The second-order valence-corrected chi connectivity index (χ2v) is 7.26. The smallest absolute Gasteiger partial charge is 0.266 e. The normalized spacial score (nSPS) is 17.1. The molecule has 9 heteroatoms. The SMILES string of the molecule is Cc1ccc(C(O)CN2CCC(Cn3nc(-n4cncn4)ccc3=O)CC2)o1. The van der Waals surface area contributed by atoms with E-state index in [9.17, 15) is 9.90 Å². The van der Waals surface area contributed by atoms with Gasteiger partial charge in [-0.15, -0.1) is 5.10 Å². The van der Waals surface area contributed by atoms with Crippen molar-refractivity contribution in [2.24, 2.45) is 5.92 Å². The molecule has 3 aromatic heterocycles. The van der Waals surface area contributed by atoms with Gasteiger partial charge in [0.05, 0.1) is 0 Å². The Kier molecular flexibility index (Phi) is 5.36. The Morgan fingerprint density at radius 3 is 2.75 bits per heavy atom. The molecule has 9 nitrogen and oxygen atoms in total. The molecule has 148 valence electrons. The molecule has 1 unspecified atom stereocenters. The number of aliphatic hydroxyl groups excluding tert-OH is 1. The second-order valence-electron chi connectivity index (χ2n) is 7.26. The van der Waals surface area contributed by atoms with E-state index in [2.05, 4.69) is 20.1 Å². The van der Waals surface area contributed by atoms with Gasteiger partial charge in [0.1, 0.15) is 30.3 Å². The van der Waals surface area contributed by atoms with E-state index < -0.39 is 6.10 Å².